The van der Waals surface area contributed by atoms with Crippen LogP contribution in [0.2, 0.25) is 0 Å². The van der Waals surface area contributed by atoms with Crippen molar-refractivity contribution in [3.05, 3.63) is 0 Å². The molecular formula is C20H35N5O8S. The van der Waals surface area contributed by atoms with Gasteiger partial charge < -0.3 is 36.1 Å². The van der Waals surface area contributed by atoms with Crippen LogP contribution in [0.15, 0.2) is 0 Å². The molecule has 0 saturated carbocycles. The fraction of sp³-hybridized carbons (Fsp3) is 0.700. The molecule has 0 saturated heterocycles. The number of ether oxygens (including phenoxy) is 2. The minimum Gasteiger partial charge on any atom is -0.444 e. The highest BCUT2D eigenvalue weighted by Crippen LogP contribution is 2.09. The van der Waals surface area contributed by atoms with Crippen LogP contribution in [0.1, 0.15) is 41.5 Å². The van der Waals surface area contributed by atoms with Crippen molar-refractivity contribution in [3.63, 3.8) is 0 Å². The molecule has 0 bridgehead atoms. The Morgan fingerprint density at radius 3 is 1.56 bits per heavy atom. The largest absolute Gasteiger partial charge is 0.444 e. The van der Waals surface area contributed by atoms with Gasteiger partial charge in [0, 0.05) is 0 Å². The number of rotatable bonds is 12. The van der Waals surface area contributed by atoms with E-state index < -0.39 is 71.7 Å². The molecule has 0 unspecified atom stereocenters. The van der Waals surface area contributed by atoms with Gasteiger partial charge in [-0.25, -0.2) is 4.79 Å². The van der Waals surface area contributed by atoms with Crippen molar-refractivity contribution in [1.82, 2.24) is 26.6 Å². The molecule has 5 amide bonds. The molecule has 0 aliphatic heterocycles. The lowest BCUT2D eigenvalue weighted by Gasteiger charge is -2.26. The Morgan fingerprint density at radius 1 is 0.706 bits per heavy atom. The van der Waals surface area contributed by atoms with Crippen LogP contribution in [0.25, 0.3) is 0 Å². The minimum atomic E-state index is -1.13. The van der Waals surface area contributed by atoms with E-state index in [9.17, 15) is 28.8 Å². The first-order valence-corrected chi connectivity index (χ1v) is 10.9. The van der Waals surface area contributed by atoms with Crippen LogP contribution in [0, 0.1) is 0 Å². The Labute approximate surface area is 204 Å². The maximum Gasteiger partial charge on any atom is 0.408 e. The quantitative estimate of drug-likeness (QED) is 0.175. The normalized spacial score (nSPS) is 12.1. The van der Waals surface area contributed by atoms with Crippen LogP contribution in [0.4, 0.5) is 4.79 Å². The maximum atomic E-state index is 12.5. The van der Waals surface area contributed by atoms with Gasteiger partial charge in [0.2, 0.25) is 28.7 Å². The molecule has 0 fully saturated rings. The van der Waals surface area contributed by atoms with Gasteiger partial charge in [0.1, 0.15) is 11.6 Å². The van der Waals surface area contributed by atoms with Crippen molar-refractivity contribution in [1.29, 1.82) is 0 Å². The van der Waals surface area contributed by atoms with Crippen LogP contribution >= 0.6 is 12.6 Å². The van der Waals surface area contributed by atoms with E-state index in [1.807, 2.05) is 0 Å². The van der Waals surface area contributed by atoms with Crippen molar-refractivity contribution in [2.45, 2.75) is 58.8 Å². The zero-order valence-corrected chi connectivity index (χ0v) is 21.2. The summed E-state index contributed by atoms with van der Waals surface area (Å²) in [6.07, 6.45) is -0.825. The molecule has 0 aromatic carbocycles. The smallest absolute Gasteiger partial charge is 0.408 e. The second-order valence-corrected chi connectivity index (χ2v) is 9.56. The predicted octanol–water partition coefficient (Wildman–Crippen LogP) is -1.38. The average molecular weight is 506 g/mol. The average Bonchev–Trinajstić information content (AvgIpc) is 2.68. The second-order valence-electron chi connectivity index (χ2n) is 9.06. The first-order valence-electron chi connectivity index (χ1n) is 10.4. The lowest BCUT2D eigenvalue weighted by Crippen LogP contribution is -2.53. The first kappa shape index (κ1) is 31.1. The summed E-state index contributed by atoms with van der Waals surface area (Å²) in [4.78, 5) is 70.3. The van der Waals surface area contributed by atoms with Gasteiger partial charge in [0.05, 0.1) is 38.4 Å². The molecule has 0 radical (unpaired) electrons. The van der Waals surface area contributed by atoms with Gasteiger partial charge in [-0.1, -0.05) is 0 Å². The molecule has 0 aliphatic carbocycles. The van der Waals surface area contributed by atoms with Crippen molar-refractivity contribution < 1.29 is 38.2 Å². The molecule has 5 N–H and O–H groups in total. The SMILES string of the molecule is CC(C)(C)OC[C@H](NC(=O)OC(C)(C)C)C(=O)NCC(=O)NCC(=O)NCC(=O)NCC(=O)S. The summed E-state index contributed by atoms with van der Waals surface area (Å²) in [5.74, 6) is -2.63. The third kappa shape index (κ3) is 17.7. The summed E-state index contributed by atoms with van der Waals surface area (Å²) >= 11 is 3.49. The highest BCUT2D eigenvalue weighted by atomic mass is 32.1. The van der Waals surface area contributed by atoms with Gasteiger partial charge in [-0.2, -0.15) is 0 Å². The molecule has 1 atom stereocenters. The number of carbonyl (C=O) groups excluding carboxylic acids is 6. The molecule has 13 nitrogen and oxygen atoms in total. The lowest BCUT2D eigenvalue weighted by molar-refractivity contribution is -0.130. The van der Waals surface area contributed by atoms with E-state index >= 15 is 0 Å². The van der Waals surface area contributed by atoms with E-state index in [0.717, 1.165) is 0 Å². The van der Waals surface area contributed by atoms with Gasteiger partial charge in [-0.15, -0.1) is 12.6 Å². The lowest BCUT2D eigenvalue weighted by atomic mass is 10.2. The van der Waals surface area contributed by atoms with Crippen LogP contribution in [-0.2, 0) is 33.4 Å². The second kappa shape index (κ2) is 14.4. The summed E-state index contributed by atoms with van der Waals surface area (Å²) in [6, 6.07) is -1.13. The van der Waals surface area contributed by atoms with Crippen molar-refractivity contribution >= 4 is 47.5 Å². The molecule has 0 spiro atoms. The first-order chi connectivity index (χ1) is 15.5. The van der Waals surface area contributed by atoms with Crippen molar-refractivity contribution in [2.24, 2.45) is 0 Å². The highest BCUT2D eigenvalue weighted by Gasteiger charge is 2.26. The topological polar surface area (TPSA) is 181 Å². The third-order valence-corrected chi connectivity index (χ3v) is 3.60. The minimum absolute atomic E-state index is 0.167. The summed E-state index contributed by atoms with van der Waals surface area (Å²) in [7, 11) is 0. The van der Waals surface area contributed by atoms with E-state index in [1.165, 1.54) is 0 Å². The van der Waals surface area contributed by atoms with E-state index in [2.05, 4.69) is 39.2 Å². The molecular weight excluding hydrogens is 470 g/mol. The van der Waals surface area contributed by atoms with Crippen molar-refractivity contribution in [3.8, 4) is 0 Å². The standard InChI is InChI=1S/C20H35N5O8S/c1-19(2,3)32-11-12(25-18(31)33-20(4,5)6)17(30)24-9-15(28)22-7-13(26)21-8-14(27)23-10-16(29)34/h12H,7-11H2,1-6H3,(H,21,26)(H,22,28)(H,23,27)(H,24,30)(H,25,31)(H,29,34)/t12-/m0/s1. The number of hydrogen-bond acceptors (Lipinski definition) is 8. The van der Waals surface area contributed by atoms with Crippen LogP contribution < -0.4 is 26.6 Å². The third-order valence-electron chi connectivity index (χ3n) is 3.44. The van der Waals surface area contributed by atoms with Crippen molar-refractivity contribution in [2.75, 3.05) is 32.8 Å². The van der Waals surface area contributed by atoms with Crippen LogP contribution in [-0.4, -0.2) is 84.9 Å². The predicted molar refractivity (Wildman–Crippen MR) is 125 cm³/mol. The van der Waals surface area contributed by atoms with Gasteiger partial charge in [0.15, 0.2) is 0 Å². The molecule has 14 heteroatoms. The maximum absolute atomic E-state index is 12.5. The fourth-order valence-electron chi connectivity index (χ4n) is 1.98. The zero-order valence-electron chi connectivity index (χ0n) is 20.3. The summed E-state index contributed by atoms with van der Waals surface area (Å²) in [6.45, 7) is 8.58. The Balaban J connectivity index is 4.58. The number of hydrogen-bond donors (Lipinski definition) is 6. The number of amides is 5. The van der Waals surface area contributed by atoms with Gasteiger partial charge in [-0.05, 0) is 41.5 Å². The number of nitrogens with one attached hydrogen (secondary N) is 5. The molecule has 194 valence electrons. The zero-order chi connectivity index (χ0) is 26.5. The van der Waals surface area contributed by atoms with Gasteiger partial charge in [-0.3, -0.25) is 24.0 Å². The Hall–Kier alpha value is -2.87. The van der Waals surface area contributed by atoms with Gasteiger partial charge in [0.25, 0.3) is 0 Å². The summed E-state index contributed by atoms with van der Waals surface area (Å²) in [5, 5.41) is 11.0. The molecule has 0 heterocycles. The molecule has 34 heavy (non-hydrogen) atoms. The van der Waals surface area contributed by atoms with E-state index in [1.54, 1.807) is 41.5 Å². The Bertz CT molecular complexity index is 761. The number of thiol groups is 1. The Morgan fingerprint density at radius 2 is 1.15 bits per heavy atom. The monoisotopic (exact) mass is 505 g/mol. The Kier molecular flexibility index (Phi) is 13.2. The number of carbonyl (C=O) groups is 6. The molecule has 0 aromatic rings. The summed E-state index contributed by atoms with van der Waals surface area (Å²) < 4.78 is 10.7. The van der Waals surface area contributed by atoms with E-state index in [4.69, 9.17) is 9.47 Å². The van der Waals surface area contributed by atoms with Crippen LogP contribution in [0.3, 0.4) is 0 Å². The number of alkyl carbamates (subject to hydrolysis) is 1. The van der Waals surface area contributed by atoms with Crippen LogP contribution in [0.5, 0.6) is 0 Å². The fourth-order valence-corrected chi connectivity index (χ4v) is 2.06. The molecule has 0 rings (SSSR count). The molecule has 0 aromatic heterocycles. The molecule has 0 aliphatic rings. The van der Waals surface area contributed by atoms with E-state index in [0.29, 0.717) is 0 Å². The highest BCUT2D eigenvalue weighted by molar-refractivity contribution is 7.96. The van der Waals surface area contributed by atoms with E-state index in [-0.39, 0.29) is 13.2 Å². The summed E-state index contributed by atoms with van der Waals surface area (Å²) in [5.41, 5.74) is -1.36. The van der Waals surface area contributed by atoms with Gasteiger partial charge >= 0.3 is 6.09 Å².